The summed E-state index contributed by atoms with van der Waals surface area (Å²) in [7, 11) is 1.57. The molecule has 0 amide bonds. The summed E-state index contributed by atoms with van der Waals surface area (Å²) in [6.07, 6.45) is 5.51. The lowest BCUT2D eigenvalue weighted by molar-refractivity contribution is 0.0962. The van der Waals surface area contributed by atoms with Gasteiger partial charge in [0.1, 0.15) is 11.4 Å². The van der Waals surface area contributed by atoms with Crippen molar-refractivity contribution in [2.45, 2.75) is 25.7 Å². The number of piperidine rings is 1. The van der Waals surface area contributed by atoms with Crippen LogP contribution in [0.25, 0.3) is 0 Å². The third-order valence-electron chi connectivity index (χ3n) is 3.49. The predicted octanol–water partition coefficient (Wildman–Crippen LogP) is 2.05. The number of nitrogens with zero attached hydrogens (tertiary/aromatic N) is 1. The first-order chi connectivity index (χ1) is 8.81. The predicted molar refractivity (Wildman–Crippen MR) is 69.9 cm³/mol. The zero-order valence-electron chi connectivity index (χ0n) is 10.8. The first kappa shape index (κ1) is 13.0. The van der Waals surface area contributed by atoms with Crippen LogP contribution < -0.4 is 10.1 Å². The molecule has 1 aromatic heterocycles. The highest BCUT2D eigenvalue weighted by molar-refractivity contribution is 5.96. The van der Waals surface area contributed by atoms with E-state index in [1.54, 1.807) is 25.4 Å². The summed E-state index contributed by atoms with van der Waals surface area (Å²) in [5, 5.41) is 3.34. The molecular weight excluding hydrogens is 228 g/mol. The van der Waals surface area contributed by atoms with E-state index in [-0.39, 0.29) is 5.78 Å². The van der Waals surface area contributed by atoms with Crippen molar-refractivity contribution < 1.29 is 9.53 Å². The Hall–Kier alpha value is -1.42. The highest BCUT2D eigenvalue weighted by atomic mass is 16.5. The quantitative estimate of drug-likeness (QED) is 0.810. The summed E-state index contributed by atoms with van der Waals surface area (Å²) in [6, 6.07) is 3.56. The number of methoxy groups -OCH3 is 1. The molecule has 1 aliphatic rings. The molecule has 0 radical (unpaired) electrons. The van der Waals surface area contributed by atoms with Gasteiger partial charge < -0.3 is 10.1 Å². The van der Waals surface area contributed by atoms with E-state index in [2.05, 4.69) is 10.3 Å². The van der Waals surface area contributed by atoms with Crippen LogP contribution in [0.4, 0.5) is 0 Å². The average molecular weight is 248 g/mol. The Morgan fingerprint density at radius 2 is 2.28 bits per heavy atom. The van der Waals surface area contributed by atoms with Crippen LogP contribution in [0.5, 0.6) is 5.75 Å². The largest absolute Gasteiger partial charge is 0.494 e. The molecule has 0 atom stereocenters. The molecule has 0 unspecified atom stereocenters. The number of rotatable bonds is 5. The molecule has 1 saturated heterocycles. The fourth-order valence-corrected chi connectivity index (χ4v) is 2.39. The van der Waals surface area contributed by atoms with Crippen LogP contribution >= 0.6 is 0 Å². The number of ether oxygens (including phenoxy) is 1. The van der Waals surface area contributed by atoms with E-state index in [9.17, 15) is 4.79 Å². The van der Waals surface area contributed by atoms with Crippen LogP contribution in [0.15, 0.2) is 18.3 Å². The van der Waals surface area contributed by atoms with Crippen molar-refractivity contribution in [1.82, 2.24) is 10.3 Å². The van der Waals surface area contributed by atoms with Crippen LogP contribution in [0.1, 0.15) is 36.2 Å². The lowest BCUT2D eigenvalue weighted by Crippen LogP contribution is -2.28. The number of carbonyl (C=O) groups is 1. The van der Waals surface area contributed by atoms with Crippen molar-refractivity contribution in [3.63, 3.8) is 0 Å². The van der Waals surface area contributed by atoms with Gasteiger partial charge in [0.25, 0.3) is 0 Å². The second-order valence-electron chi connectivity index (χ2n) is 4.71. The second kappa shape index (κ2) is 6.50. The zero-order valence-corrected chi connectivity index (χ0v) is 10.8. The third-order valence-corrected chi connectivity index (χ3v) is 3.49. The molecule has 0 aromatic carbocycles. The first-order valence-corrected chi connectivity index (χ1v) is 6.54. The number of pyridine rings is 1. The lowest BCUT2D eigenvalue weighted by atomic mass is 9.92. The van der Waals surface area contributed by atoms with Gasteiger partial charge in [-0.3, -0.25) is 4.79 Å². The van der Waals surface area contributed by atoms with Crippen LogP contribution in [-0.2, 0) is 0 Å². The standard InChI is InChI=1S/C14H20N2O2/c1-18-13-3-2-8-16-14(13)12(17)5-4-11-6-9-15-10-7-11/h2-3,8,11,15H,4-7,9-10H2,1H3. The SMILES string of the molecule is COc1cccnc1C(=O)CCC1CCNCC1. The monoisotopic (exact) mass is 248 g/mol. The minimum atomic E-state index is 0.0889. The van der Waals surface area contributed by atoms with Gasteiger partial charge in [0.2, 0.25) is 0 Å². The smallest absolute Gasteiger partial charge is 0.184 e. The molecule has 2 heterocycles. The Morgan fingerprint density at radius 1 is 1.50 bits per heavy atom. The second-order valence-corrected chi connectivity index (χ2v) is 4.71. The molecular formula is C14H20N2O2. The van der Waals surface area contributed by atoms with Crippen LogP contribution in [0.2, 0.25) is 0 Å². The number of nitrogens with one attached hydrogen (secondary N) is 1. The topological polar surface area (TPSA) is 51.2 Å². The fourth-order valence-electron chi connectivity index (χ4n) is 2.39. The van der Waals surface area contributed by atoms with Gasteiger partial charge in [-0.2, -0.15) is 0 Å². The van der Waals surface area contributed by atoms with Crippen molar-refractivity contribution >= 4 is 5.78 Å². The first-order valence-electron chi connectivity index (χ1n) is 6.54. The van der Waals surface area contributed by atoms with Gasteiger partial charge in [-0.15, -0.1) is 0 Å². The minimum Gasteiger partial charge on any atom is -0.494 e. The molecule has 0 spiro atoms. The summed E-state index contributed by atoms with van der Waals surface area (Å²) in [6.45, 7) is 2.15. The van der Waals surface area contributed by atoms with Gasteiger partial charge in [0.15, 0.2) is 5.78 Å². The maximum absolute atomic E-state index is 12.1. The van der Waals surface area contributed by atoms with Gasteiger partial charge in [-0.25, -0.2) is 4.98 Å². The van der Waals surface area contributed by atoms with E-state index in [1.165, 1.54) is 12.8 Å². The maximum Gasteiger partial charge on any atom is 0.184 e. The van der Waals surface area contributed by atoms with E-state index in [1.807, 2.05) is 0 Å². The van der Waals surface area contributed by atoms with E-state index < -0.39 is 0 Å². The van der Waals surface area contributed by atoms with Gasteiger partial charge in [0.05, 0.1) is 7.11 Å². The molecule has 2 rings (SSSR count). The van der Waals surface area contributed by atoms with E-state index >= 15 is 0 Å². The van der Waals surface area contributed by atoms with Crippen molar-refractivity contribution in [2.24, 2.45) is 5.92 Å². The number of ketones is 1. The van der Waals surface area contributed by atoms with Crippen LogP contribution in [-0.4, -0.2) is 31.0 Å². The Kier molecular flexibility index (Phi) is 4.70. The number of hydrogen-bond acceptors (Lipinski definition) is 4. The summed E-state index contributed by atoms with van der Waals surface area (Å²) in [4.78, 5) is 16.2. The van der Waals surface area contributed by atoms with Gasteiger partial charge in [-0.05, 0) is 50.4 Å². The fraction of sp³-hybridized carbons (Fsp3) is 0.571. The van der Waals surface area contributed by atoms with Crippen molar-refractivity contribution in [3.05, 3.63) is 24.0 Å². The Bertz CT molecular complexity index is 401. The molecule has 0 aliphatic carbocycles. The summed E-state index contributed by atoms with van der Waals surface area (Å²) >= 11 is 0. The van der Waals surface area contributed by atoms with Crippen molar-refractivity contribution in [1.29, 1.82) is 0 Å². The van der Waals surface area contributed by atoms with Crippen LogP contribution in [0.3, 0.4) is 0 Å². The lowest BCUT2D eigenvalue weighted by Gasteiger charge is -2.22. The maximum atomic E-state index is 12.1. The molecule has 98 valence electrons. The average Bonchev–Trinajstić information content (AvgIpc) is 2.45. The Labute approximate surface area is 108 Å². The molecule has 1 fully saturated rings. The van der Waals surface area contributed by atoms with Gasteiger partial charge >= 0.3 is 0 Å². The van der Waals surface area contributed by atoms with E-state index in [4.69, 9.17) is 4.74 Å². The van der Waals surface area contributed by atoms with Crippen molar-refractivity contribution in [2.75, 3.05) is 20.2 Å². The number of hydrogen-bond donors (Lipinski definition) is 1. The van der Waals surface area contributed by atoms with E-state index in [0.717, 1.165) is 19.5 Å². The zero-order chi connectivity index (χ0) is 12.8. The highest BCUT2D eigenvalue weighted by Gasteiger charge is 2.17. The molecule has 1 aliphatic heterocycles. The Morgan fingerprint density at radius 3 is 3.00 bits per heavy atom. The number of carbonyl (C=O) groups excluding carboxylic acids is 1. The molecule has 4 nitrogen and oxygen atoms in total. The number of aromatic nitrogens is 1. The molecule has 1 aromatic rings. The highest BCUT2D eigenvalue weighted by Crippen LogP contribution is 2.21. The summed E-state index contributed by atoms with van der Waals surface area (Å²) in [5.74, 6) is 1.34. The summed E-state index contributed by atoms with van der Waals surface area (Å²) < 4.78 is 5.16. The Balaban J connectivity index is 1.90. The van der Waals surface area contributed by atoms with Crippen molar-refractivity contribution in [3.8, 4) is 5.75 Å². The molecule has 18 heavy (non-hydrogen) atoms. The molecule has 0 bridgehead atoms. The summed E-state index contributed by atoms with van der Waals surface area (Å²) in [5.41, 5.74) is 0.467. The minimum absolute atomic E-state index is 0.0889. The van der Waals surface area contributed by atoms with Crippen LogP contribution in [0, 0.1) is 5.92 Å². The molecule has 4 heteroatoms. The van der Waals surface area contributed by atoms with Gasteiger partial charge in [0, 0.05) is 12.6 Å². The molecule has 0 saturated carbocycles. The molecule has 1 N–H and O–H groups in total. The number of Topliss-reactive ketones (excluding diaryl/α,β-unsaturated/α-hetero) is 1. The normalized spacial score (nSPS) is 16.5. The van der Waals surface area contributed by atoms with E-state index in [0.29, 0.717) is 23.8 Å². The van der Waals surface area contributed by atoms with Gasteiger partial charge in [-0.1, -0.05) is 0 Å². The third kappa shape index (κ3) is 3.29.